The molecule has 0 fully saturated rings. The lowest BCUT2D eigenvalue weighted by Gasteiger charge is -2.00. The molecule has 2 N–H and O–H groups in total. The summed E-state index contributed by atoms with van der Waals surface area (Å²) in [4.78, 5) is 16.3. The third-order valence-corrected chi connectivity index (χ3v) is 4.31. The topological polar surface area (TPSA) is 92.0 Å². The number of hydrogen-bond donors (Lipinski definition) is 2. The van der Waals surface area contributed by atoms with Crippen molar-refractivity contribution in [2.24, 2.45) is 5.10 Å². The number of aromatic nitrogens is 4. The standard InChI is InChI=1S/C18H16N6OS/c1-11-9-12(2)21-17(20-11)24-19-10-13-7-8-16(25-13)26-18-22-14-5-3-4-6-15(14)23-18/h3-10H,1-2H3,(H,22,23)(H,20,21,24)/b19-10+. The molecule has 0 spiro atoms. The summed E-state index contributed by atoms with van der Waals surface area (Å²) >= 11 is 1.43. The highest BCUT2D eigenvalue weighted by Gasteiger charge is 2.07. The SMILES string of the molecule is Cc1cc(C)nc(N/N=C/c2ccc(Sc3nc4ccccc4[nH]3)o2)n1. The summed E-state index contributed by atoms with van der Waals surface area (Å²) in [5.41, 5.74) is 6.52. The Morgan fingerprint density at radius 3 is 2.69 bits per heavy atom. The number of imidazole rings is 1. The summed E-state index contributed by atoms with van der Waals surface area (Å²) in [5, 5.41) is 5.64. The maximum atomic E-state index is 5.74. The smallest absolute Gasteiger partial charge is 0.243 e. The van der Waals surface area contributed by atoms with Gasteiger partial charge in [-0.1, -0.05) is 12.1 Å². The normalized spacial score (nSPS) is 11.5. The molecule has 0 amide bonds. The van der Waals surface area contributed by atoms with E-state index in [9.17, 15) is 0 Å². The highest BCUT2D eigenvalue weighted by molar-refractivity contribution is 7.99. The fourth-order valence-electron chi connectivity index (χ4n) is 2.46. The van der Waals surface area contributed by atoms with E-state index in [1.54, 1.807) is 6.21 Å². The van der Waals surface area contributed by atoms with Crippen LogP contribution >= 0.6 is 11.8 Å². The molecule has 130 valence electrons. The van der Waals surface area contributed by atoms with Gasteiger partial charge in [0, 0.05) is 11.4 Å². The third kappa shape index (κ3) is 3.75. The van der Waals surface area contributed by atoms with Gasteiger partial charge in [0.05, 0.1) is 17.2 Å². The molecule has 0 aliphatic rings. The Morgan fingerprint density at radius 1 is 1.08 bits per heavy atom. The maximum absolute atomic E-state index is 5.74. The van der Waals surface area contributed by atoms with Gasteiger partial charge in [-0.25, -0.2) is 20.4 Å². The zero-order chi connectivity index (χ0) is 17.9. The van der Waals surface area contributed by atoms with Crippen molar-refractivity contribution in [1.82, 2.24) is 19.9 Å². The van der Waals surface area contributed by atoms with Gasteiger partial charge in [0.2, 0.25) is 5.95 Å². The lowest BCUT2D eigenvalue weighted by molar-refractivity contribution is 0.468. The molecule has 8 heteroatoms. The summed E-state index contributed by atoms with van der Waals surface area (Å²) in [5.74, 6) is 1.09. The second-order valence-electron chi connectivity index (χ2n) is 5.66. The van der Waals surface area contributed by atoms with Crippen molar-refractivity contribution >= 4 is 35.0 Å². The van der Waals surface area contributed by atoms with Crippen molar-refractivity contribution in [2.75, 3.05) is 5.43 Å². The minimum Gasteiger partial charge on any atom is -0.448 e. The second-order valence-corrected chi connectivity index (χ2v) is 6.66. The van der Waals surface area contributed by atoms with Gasteiger partial charge >= 0.3 is 0 Å². The molecule has 3 aromatic heterocycles. The molecule has 1 aromatic carbocycles. The number of benzene rings is 1. The predicted molar refractivity (Wildman–Crippen MR) is 102 cm³/mol. The molecule has 3 heterocycles. The molecule has 4 aromatic rings. The van der Waals surface area contributed by atoms with Gasteiger partial charge in [-0.05, 0) is 55.9 Å². The van der Waals surface area contributed by atoms with Crippen LogP contribution in [-0.4, -0.2) is 26.2 Å². The van der Waals surface area contributed by atoms with Crippen LogP contribution in [0.25, 0.3) is 11.0 Å². The van der Waals surface area contributed by atoms with Crippen LogP contribution in [0, 0.1) is 13.8 Å². The Kier molecular flexibility index (Phi) is 4.40. The molecular formula is C18H16N6OS. The third-order valence-electron chi connectivity index (χ3n) is 3.51. The van der Waals surface area contributed by atoms with E-state index in [1.807, 2.05) is 56.3 Å². The first-order valence-electron chi connectivity index (χ1n) is 7.99. The molecule has 0 radical (unpaired) electrons. The average Bonchev–Trinajstić information content (AvgIpc) is 3.20. The Morgan fingerprint density at radius 2 is 1.88 bits per heavy atom. The number of aryl methyl sites for hydroxylation is 2. The molecule has 0 aliphatic heterocycles. The molecule has 0 saturated heterocycles. The molecule has 0 bridgehead atoms. The molecule has 0 atom stereocenters. The van der Waals surface area contributed by atoms with Gasteiger partial charge in [-0.2, -0.15) is 5.10 Å². The van der Waals surface area contributed by atoms with Crippen LogP contribution < -0.4 is 5.43 Å². The number of fused-ring (bicyclic) bond motifs is 1. The van der Waals surface area contributed by atoms with Crippen LogP contribution in [0.3, 0.4) is 0 Å². The van der Waals surface area contributed by atoms with Crippen LogP contribution in [0.2, 0.25) is 0 Å². The summed E-state index contributed by atoms with van der Waals surface area (Å²) in [6, 6.07) is 13.5. The van der Waals surface area contributed by atoms with Crippen LogP contribution in [0.4, 0.5) is 5.95 Å². The number of anilines is 1. The molecule has 26 heavy (non-hydrogen) atoms. The Labute approximate surface area is 154 Å². The number of para-hydroxylation sites is 2. The van der Waals surface area contributed by atoms with E-state index in [4.69, 9.17) is 4.42 Å². The van der Waals surface area contributed by atoms with Gasteiger partial charge in [0.1, 0.15) is 5.76 Å². The van der Waals surface area contributed by atoms with E-state index in [1.165, 1.54) is 11.8 Å². The van der Waals surface area contributed by atoms with Gasteiger partial charge in [0.15, 0.2) is 10.2 Å². The van der Waals surface area contributed by atoms with E-state index in [0.29, 0.717) is 11.7 Å². The Balaban J connectivity index is 1.42. The van der Waals surface area contributed by atoms with Gasteiger partial charge in [-0.15, -0.1) is 0 Å². The fraction of sp³-hybridized carbons (Fsp3) is 0.111. The van der Waals surface area contributed by atoms with Crippen molar-refractivity contribution in [1.29, 1.82) is 0 Å². The van der Waals surface area contributed by atoms with Gasteiger partial charge in [-0.3, -0.25) is 0 Å². The van der Waals surface area contributed by atoms with Crippen molar-refractivity contribution in [3.63, 3.8) is 0 Å². The van der Waals surface area contributed by atoms with E-state index >= 15 is 0 Å². The first-order valence-corrected chi connectivity index (χ1v) is 8.81. The van der Waals surface area contributed by atoms with E-state index in [-0.39, 0.29) is 0 Å². The number of hydrazone groups is 1. The highest BCUT2D eigenvalue weighted by atomic mass is 32.2. The monoisotopic (exact) mass is 364 g/mol. The summed E-state index contributed by atoms with van der Waals surface area (Å²) in [6.45, 7) is 3.83. The van der Waals surface area contributed by atoms with Crippen LogP contribution in [0.5, 0.6) is 0 Å². The minimum absolute atomic E-state index is 0.460. The molecule has 0 saturated carbocycles. The van der Waals surface area contributed by atoms with E-state index < -0.39 is 0 Å². The largest absolute Gasteiger partial charge is 0.448 e. The number of H-pyrrole nitrogens is 1. The van der Waals surface area contributed by atoms with Gasteiger partial charge in [0.25, 0.3) is 0 Å². The predicted octanol–water partition coefficient (Wildman–Crippen LogP) is 4.16. The molecule has 0 aliphatic carbocycles. The Bertz CT molecular complexity index is 1030. The number of furan rings is 1. The zero-order valence-corrected chi connectivity index (χ0v) is 15.0. The minimum atomic E-state index is 0.460. The van der Waals surface area contributed by atoms with Crippen molar-refractivity contribution in [3.05, 3.63) is 59.6 Å². The van der Waals surface area contributed by atoms with Crippen molar-refractivity contribution in [2.45, 2.75) is 24.1 Å². The first kappa shape index (κ1) is 16.3. The van der Waals surface area contributed by atoms with Crippen LogP contribution in [0.1, 0.15) is 17.1 Å². The number of aromatic amines is 1. The summed E-state index contributed by atoms with van der Waals surface area (Å²) in [7, 11) is 0. The number of nitrogens with one attached hydrogen (secondary N) is 2. The Hall–Kier alpha value is -3.13. The number of hydrogen-bond acceptors (Lipinski definition) is 7. The van der Waals surface area contributed by atoms with Crippen molar-refractivity contribution < 1.29 is 4.42 Å². The highest BCUT2D eigenvalue weighted by Crippen LogP contribution is 2.28. The van der Waals surface area contributed by atoms with Gasteiger partial charge < -0.3 is 9.40 Å². The number of rotatable bonds is 5. The maximum Gasteiger partial charge on any atom is 0.243 e. The molecule has 4 rings (SSSR count). The van der Waals surface area contributed by atoms with Crippen molar-refractivity contribution in [3.8, 4) is 0 Å². The van der Waals surface area contributed by atoms with Crippen LogP contribution in [0.15, 0.2) is 62.2 Å². The molecule has 7 nitrogen and oxygen atoms in total. The zero-order valence-electron chi connectivity index (χ0n) is 14.2. The summed E-state index contributed by atoms with van der Waals surface area (Å²) in [6.07, 6.45) is 1.59. The lowest BCUT2D eigenvalue weighted by atomic mass is 10.3. The van der Waals surface area contributed by atoms with Crippen LogP contribution in [-0.2, 0) is 0 Å². The molecule has 0 unspecified atom stereocenters. The van der Waals surface area contributed by atoms with E-state index in [2.05, 4.69) is 30.5 Å². The fourth-order valence-corrected chi connectivity index (χ4v) is 3.23. The second kappa shape index (κ2) is 7.01. The summed E-state index contributed by atoms with van der Waals surface area (Å²) < 4.78 is 5.74. The quantitative estimate of drug-likeness (QED) is 0.408. The lowest BCUT2D eigenvalue weighted by Crippen LogP contribution is -1.99. The molecular weight excluding hydrogens is 348 g/mol. The first-order chi connectivity index (χ1) is 12.7. The average molecular weight is 364 g/mol. The number of nitrogens with zero attached hydrogens (tertiary/aromatic N) is 4. The van der Waals surface area contributed by atoms with E-state index in [0.717, 1.165) is 32.7 Å².